The summed E-state index contributed by atoms with van der Waals surface area (Å²) < 4.78 is 36.2. The molecule has 192 valence electrons. The summed E-state index contributed by atoms with van der Waals surface area (Å²) in [4.78, 5) is 21.4. The molecule has 2 aromatic heterocycles. The number of benzene rings is 1. The van der Waals surface area contributed by atoms with E-state index in [1.165, 1.54) is 6.07 Å². The number of urea groups is 1. The lowest BCUT2D eigenvalue weighted by atomic mass is 9.90. The number of ether oxygens (including phenoxy) is 1. The maximum atomic E-state index is 15.0. The van der Waals surface area contributed by atoms with E-state index in [1.807, 2.05) is 30.6 Å². The summed E-state index contributed by atoms with van der Waals surface area (Å²) in [5.41, 5.74) is 4.49. The van der Waals surface area contributed by atoms with Crippen LogP contribution >= 0.6 is 0 Å². The van der Waals surface area contributed by atoms with Gasteiger partial charge in [-0.1, -0.05) is 6.92 Å². The fourth-order valence-electron chi connectivity index (χ4n) is 5.25. The molecule has 2 saturated heterocycles. The van der Waals surface area contributed by atoms with Gasteiger partial charge in [0.15, 0.2) is 5.65 Å². The van der Waals surface area contributed by atoms with Crippen LogP contribution in [0.5, 0.6) is 0 Å². The van der Waals surface area contributed by atoms with E-state index in [4.69, 9.17) is 4.74 Å². The van der Waals surface area contributed by atoms with Crippen LogP contribution in [0.4, 0.5) is 25.0 Å². The largest absolute Gasteiger partial charge is 0.378 e. The first-order valence-electron chi connectivity index (χ1n) is 12.6. The summed E-state index contributed by atoms with van der Waals surface area (Å²) in [6.45, 7) is 9.16. The van der Waals surface area contributed by atoms with Crippen molar-refractivity contribution in [3.8, 4) is 11.1 Å². The summed E-state index contributed by atoms with van der Waals surface area (Å²) in [6.07, 6.45) is 5.46. The van der Waals surface area contributed by atoms with Gasteiger partial charge < -0.3 is 24.3 Å². The molecule has 0 aliphatic carbocycles. The van der Waals surface area contributed by atoms with E-state index in [2.05, 4.69) is 21.3 Å². The lowest BCUT2D eigenvalue weighted by Crippen LogP contribution is -2.36. The van der Waals surface area contributed by atoms with Gasteiger partial charge in [0.2, 0.25) is 0 Å². The van der Waals surface area contributed by atoms with Gasteiger partial charge in [0.25, 0.3) is 0 Å². The number of rotatable bonds is 5. The molecule has 7 nitrogen and oxygen atoms in total. The zero-order valence-electron chi connectivity index (χ0n) is 21.0. The van der Waals surface area contributed by atoms with Crippen molar-refractivity contribution in [2.24, 2.45) is 11.8 Å². The predicted octanol–water partition coefficient (Wildman–Crippen LogP) is 5.13. The summed E-state index contributed by atoms with van der Waals surface area (Å²) in [5.74, 6) is -0.498. The third-order valence-corrected chi connectivity index (χ3v) is 7.67. The van der Waals surface area contributed by atoms with E-state index < -0.39 is 12.0 Å². The second kappa shape index (κ2) is 10.0. The average molecular weight is 498 g/mol. The molecule has 9 heteroatoms. The molecule has 2 aliphatic rings. The van der Waals surface area contributed by atoms with Crippen molar-refractivity contribution in [3.63, 3.8) is 0 Å². The number of halogens is 2. The predicted molar refractivity (Wildman–Crippen MR) is 137 cm³/mol. The molecule has 5 rings (SSSR count). The minimum atomic E-state index is -0.926. The number of likely N-dealkylation sites (tertiary alicyclic amines) is 1. The summed E-state index contributed by atoms with van der Waals surface area (Å²) >= 11 is 0. The van der Waals surface area contributed by atoms with Crippen LogP contribution in [0.2, 0.25) is 0 Å². The fraction of sp³-hybridized carbons (Fsp3) is 0.481. The van der Waals surface area contributed by atoms with Crippen molar-refractivity contribution in [2.75, 3.05) is 49.6 Å². The summed E-state index contributed by atoms with van der Waals surface area (Å²) in [7, 11) is 0. The highest BCUT2D eigenvalue weighted by Gasteiger charge is 2.32. The molecule has 0 saturated carbocycles. The Morgan fingerprint density at radius 3 is 2.72 bits per heavy atom. The molecule has 0 spiro atoms. The minimum absolute atomic E-state index is 0.106. The van der Waals surface area contributed by atoms with Crippen LogP contribution in [-0.2, 0) is 4.74 Å². The van der Waals surface area contributed by atoms with Crippen molar-refractivity contribution >= 4 is 23.1 Å². The first kappa shape index (κ1) is 24.5. The van der Waals surface area contributed by atoms with Gasteiger partial charge in [-0.3, -0.25) is 0 Å². The Hall–Kier alpha value is -3.20. The topological polar surface area (TPSA) is 62.1 Å². The highest BCUT2D eigenvalue weighted by Crippen LogP contribution is 2.34. The van der Waals surface area contributed by atoms with E-state index in [0.717, 1.165) is 47.5 Å². The second-order valence-electron chi connectivity index (χ2n) is 9.98. The molecule has 2 fully saturated rings. The van der Waals surface area contributed by atoms with Gasteiger partial charge in [0.1, 0.15) is 12.0 Å². The zero-order chi connectivity index (χ0) is 25.4. The van der Waals surface area contributed by atoms with E-state index in [-0.39, 0.29) is 23.6 Å². The maximum Gasteiger partial charge on any atom is 0.321 e. The zero-order valence-corrected chi connectivity index (χ0v) is 21.0. The third-order valence-electron chi connectivity index (χ3n) is 7.67. The number of imidazole rings is 1. The normalized spacial score (nSPS) is 20.1. The number of nitrogens with zero attached hydrogens (tertiary/aromatic N) is 4. The highest BCUT2D eigenvalue weighted by atomic mass is 19.1. The van der Waals surface area contributed by atoms with Crippen LogP contribution in [0.25, 0.3) is 16.8 Å². The molecule has 0 bridgehead atoms. The fourth-order valence-corrected chi connectivity index (χ4v) is 5.25. The molecule has 1 aromatic carbocycles. The molecule has 2 amide bonds. The van der Waals surface area contributed by atoms with Gasteiger partial charge in [-0.15, -0.1) is 0 Å². The molecule has 2 aliphatic heterocycles. The Balaban J connectivity index is 1.42. The lowest BCUT2D eigenvalue weighted by Gasteiger charge is -2.29. The smallest absolute Gasteiger partial charge is 0.321 e. The Morgan fingerprint density at radius 2 is 1.97 bits per heavy atom. The Kier molecular flexibility index (Phi) is 6.83. The van der Waals surface area contributed by atoms with Crippen molar-refractivity contribution in [2.45, 2.75) is 33.4 Å². The number of aryl methyl sites for hydroxylation is 1. The number of anilines is 2. The number of pyridine rings is 1. The highest BCUT2D eigenvalue weighted by molar-refractivity contribution is 5.91. The van der Waals surface area contributed by atoms with E-state index in [1.54, 1.807) is 24.1 Å². The van der Waals surface area contributed by atoms with Crippen molar-refractivity contribution in [3.05, 3.63) is 48.2 Å². The first-order valence-corrected chi connectivity index (χ1v) is 12.6. The van der Waals surface area contributed by atoms with Crippen molar-refractivity contribution < 1.29 is 18.3 Å². The van der Waals surface area contributed by atoms with Crippen LogP contribution in [0.3, 0.4) is 0 Å². The molecule has 0 radical (unpaired) electrons. The Morgan fingerprint density at radius 1 is 1.19 bits per heavy atom. The van der Waals surface area contributed by atoms with Gasteiger partial charge in [0.05, 0.1) is 24.6 Å². The molecule has 1 N–H and O–H groups in total. The quantitative estimate of drug-likeness (QED) is 0.531. The number of fused-ring (bicyclic) bond motifs is 1. The van der Waals surface area contributed by atoms with Crippen LogP contribution in [0, 0.1) is 24.6 Å². The number of alkyl halides is 1. The Bertz CT molecular complexity index is 1250. The van der Waals surface area contributed by atoms with E-state index >= 15 is 0 Å². The van der Waals surface area contributed by atoms with Gasteiger partial charge in [-0.2, -0.15) is 0 Å². The number of aromatic nitrogens is 2. The van der Waals surface area contributed by atoms with E-state index in [9.17, 15) is 13.6 Å². The van der Waals surface area contributed by atoms with Gasteiger partial charge in [0, 0.05) is 50.3 Å². The SMILES string of the molecule is Cc1cc(F)c(NC(=O)N2CCC(C(C)C(C)F)C2)cc1-c1cc(N2CCOCC2)c2nccn2c1. The number of nitrogens with one attached hydrogen (secondary N) is 1. The average Bonchev–Trinajstić information content (AvgIpc) is 3.55. The van der Waals surface area contributed by atoms with Crippen LogP contribution in [0.15, 0.2) is 36.8 Å². The van der Waals surface area contributed by atoms with Crippen LogP contribution in [0.1, 0.15) is 25.8 Å². The van der Waals surface area contributed by atoms with Crippen LogP contribution in [-0.4, -0.2) is 65.9 Å². The minimum Gasteiger partial charge on any atom is -0.378 e. The second-order valence-corrected chi connectivity index (χ2v) is 9.98. The molecular weight excluding hydrogens is 464 g/mol. The Labute approximate surface area is 210 Å². The summed E-state index contributed by atoms with van der Waals surface area (Å²) in [5, 5.41) is 2.76. The molecular formula is C27H33F2N5O2. The molecule has 3 unspecified atom stereocenters. The first-order chi connectivity index (χ1) is 17.3. The molecule has 4 heterocycles. The van der Waals surface area contributed by atoms with Crippen molar-refractivity contribution in [1.29, 1.82) is 0 Å². The van der Waals surface area contributed by atoms with Crippen LogP contribution < -0.4 is 10.2 Å². The number of morpholine rings is 1. The van der Waals surface area contributed by atoms with Crippen molar-refractivity contribution in [1.82, 2.24) is 14.3 Å². The summed E-state index contributed by atoms with van der Waals surface area (Å²) in [6, 6.07) is 4.87. The van der Waals surface area contributed by atoms with Gasteiger partial charge in [-0.25, -0.2) is 18.6 Å². The molecule has 36 heavy (non-hydrogen) atoms. The van der Waals surface area contributed by atoms with E-state index in [0.29, 0.717) is 26.3 Å². The number of carbonyl (C=O) groups is 1. The number of amides is 2. The van der Waals surface area contributed by atoms with Gasteiger partial charge in [-0.05, 0) is 61.4 Å². The third kappa shape index (κ3) is 4.76. The standard InChI is InChI=1S/C27H33F2N5O2/c1-17-12-23(29)24(31-27(35)34-6-4-20(15-34)18(2)19(3)28)14-22(17)21-13-25(32-8-10-36-11-9-32)26-30-5-7-33(26)16-21/h5,7,12-14,16,18-20H,4,6,8-11,15H2,1-3H3,(H,31,35). The molecule has 3 atom stereocenters. The number of carbonyl (C=O) groups excluding carboxylic acids is 1. The monoisotopic (exact) mass is 497 g/mol. The number of hydrogen-bond acceptors (Lipinski definition) is 4. The maximum absolute atomic E-state index is 15.0. The molecule has 3 aromatic rings. The van der Waals surface area contributed by atoms with Gasteiger partial charge >= 0.3 is 6.03 Å². The lowest BCUT2D eigenvalue weighted by molar-refractivity contribution is 0.123. The number of hydrogen-bond donors (Lipinski definition) is 1.